The maximum atomic E-state index is 13.2. The second-order valence-electron chi connectivity index (χ2n) is 8.10. The molecule has 176 valence electrons. The number of rotatable bonds is 6. The summed E-state index contributed by atoms with van der Waals surface area (Å²) in [6.07, 6.45) is 2.95. The highest BCUT2D eigenvalue weighted by Gasteiger charge is 2.31. The summed E-state index contributed by atoms with van der Waals surface area (Å²) in [7, 11) is -3.82. The molecule has 10 heteroatoms. The van der Waals surface area contributed by atoms with Crippen molar-refractivity contribution in [1.82, 2.24) is 4.90 Å². The average molecular weight is 474 g/mol. The van der Waals surface area contributed by atoms with Gasteiger partial charge in [0.2, 0.25) is 15.9 Å². The van der Waals surface area contributed by atoms with Crippen LogP contribution in [0.25, 0.3) is 0 Å². The van der Waals surface area contributed by atoms with Gasteiger partial charge in [-0.2, -0.15) is 0 Å². The zero-order valence-corrected chi connectivity index (χ0v) is 19.4. The molecular formula is C23H27N3O6S. The Kier molecular flexibility index (Phi) is 6.46. The minimum Gasteiger partial charge on any atom is -0.486 e. The monoisotopic (exact) mass is 473 g/mol. The fourth-order valence-corrected chi connectivity index (χ4v) is 5.25. The van der Waals surface area contributed by atoms with Gasteiger partial charge in [-0.15, -0.1) is 0 Å². The molecule has 1 fully saturated rings. The largest absolute Gasteiger partial charge is 0.486 e. The van der Waals surface area contributed by atoms with Gasteiger partial charge >= 0.3 is 0 Å². The second kappa shape index (κ2) is 9.30. The number of nitrogens with zero attached hydrogens (tertiary/aromatic N) is 2. The summed E-state index contributed by atoms with van der Waals surface area (Å²) in [5, 5.41) is 2.75. The first-order valence-electron chi connectivity index (χ1n) is 10.8. The number of likely N-dealkylation sites (tertiary alicyclic amines) is 1. The predicted molar refractivity (Wildman–Crippen MR) is 124 cm³/mol. The molecule has 1 atom stereocenters. The van der Waals surface area contributed by atoms with Crippen LogP contribution in [0.4, 0.5) is 11.4 Å². The van der Waals surface area contributed by atoms with E-state index in [-0.39, 0.29) is 11.6 Å². The van der Waals surface area contributed by atoms with Crippen LogP contribution < -0.4 is 19.1 Å². The zero-order chi connectivity index (χ0) is 23.6. The molecule has 0 aromatic heterocycles. The molecule has 9 nitrogen and oxygen atoms in total. The molecule has 1 saturated heterocycles. The SMILES string of the molecule is C[C@H](C(=O)Nc1ccccc1C(=O)N1CCCC1)N(c1ccc2c(c1)OCCO2)S(C)(=O)=O. The molecular weight excluding hydrogens is 446 g/mol. The van der Waals surface area contributed by atoms with Gasteiger partial charge in [-0.05, 0) is 44.0 Å². The van der Waals surface area contributed by atoms with E-state index in [0.29, 0.717) is 49.1 Å². The number of para-hydroxylation sites is 1. The number of carbonyl (C=O) groups is 2. The van der Waals surface area contributed by atoms with E-state index in [2.05, 4.69) is 5.32 Å². The molecule has 1 N–H and O–H groups in total. The van der Waals surface area contributed by atoms with E-state index in [4.69, 9.17) is 9.47 Å². The Balaban J connectivity index is 1.59. The topological polar surface area (TPSA) is 105 Å². The molecule has 2 aliphatic rings. The van der Waals surface area contributed by atoms with Crippen LogP contribution in [0.2, 0.25) is 0 Å². The minimum absolute atomic E-state index is 0.150. The maximum Gasteiger partial charge on any atom is 0.255 e. The van der Waals surface area contributed by atoms with Crippen molar-refractivity contribution in [3.05, 3.63) is 48.0 Å². The van der Waals surface area contributed by atoms with Crippen molar-refractivity contribution in [3.8, 4) is 11.5 Å². The van der Waals surface area contributed by atoms with Gasteiger partial charge in [-0.3, -0.25) is 13.9 Å². The number of carbonyl (C=O) groups excluding carboxylic acids is 2. The maximum absolute atomic E-state index is 13.2. The number of benzene rings is 2. The van der Waals surface area contributed by atoms with Crippen molar-refractivity contribution in [2.75, 3.05) is 42.2 Å². The molecule has 0 aliphatic carbocycles. The standard InChI is InChI=1S/C23H27N3O6S/c1-16(26(33(2,29)30)17-9-10-20-21(15-17)32-14-13-31-20)22(27)24-19-8-4-3-7-18(19)23(28)25-11-5-6-12-25/h3-4,7-10,15-16H,5-6,11-14H2,1-2H3,(H,24,27)/t16-/m1/s1. The molecule has 2 aromatic rings. The lowest BCUT2D eigenvalue weighted by molar-refractivity contribution is -0.116. The number of fused-ring (bicyclic) bond motifs is 1. The Morgan fingerprint density at radius 1 is 1.03 bits per heavy atom. The van der Waals surface area contributed by atoms with Crippen LogP contribution in [0.15, 0.2) is 42.5 Å². The number of hydrogen-bond donors (Lipinski definition) is 1. The summed E-state index contributed by atoms with van der Waals surface area (Å²) in [6.45, 7) is 3.63. The molecule has 0 spiro atoms. The first-order valence-corrected chi connectivity index (χ1v) is 12.7. The van der Waals surface area contributed by atoms with Gasteiger partial charge in [0.05, 0.1) is 23.2 Å². The second-order valence-corrected chi connectivity index (χ2v) is 9.96. The first-order chi connectivity index (χ1) is 15.8. The number of anilines is 2. The number of sulfonamides is 1. The predicted octanol–water partition coefficient (Wildman–Crippen LogP) is 2.49. The van der Waals surface area contributed by atoms with Crippen LogP contribution in [0.1, 0.15) is 30.1 Å². The van der Waals surface area contributed by atoms with Crippen molar-refractivity contribution < 1.29 is 27.5 Å². The Bertz CT molecular complexity index is 1160. The fraction of sp³-hybridized carbons (Fsp3) is 0.391. The third-order valence-corrected chi connectivity index (χ3v) is 6.92. The summed E-state index contributed by atoms with van der Waals surface area (Å²) < 4.78 is 37.4. The molecule has 0 saturated carbocycles. The molecule has 0 radical (unpaired) electrons. The molecule has 2 amide bonds. The summed E-state index contributed by atoms with van der Waals surface area (Å²) in [5.74, 6) is 0.228. The molecule has 0 bridgehead atoms. The Labute approximate surface area is 193 Å². The van der Waals surface area contributed by atoms with E-state index in [0.717, 1.165) is 23.4 Å². The molecule has 33 heavy (non-hydrogen) atoms. The van der Waals surface area contributed by atoms with Crippen LogP contribution in [0, 0.1) is 0 Å². The van der Waals surface area contributed by atoms with E-state index in [1.807, 2.05) is 0 Å². The van der Waals surface area contributed by atoms with Gasteiger partial charge < -0.3 is 19.7 Å². The smallest absolute Gasteiger partial charge is 0.255 e. The van der Waals surface area contributed by atoms with Crippen molar-refractivity contribution in [3.63, 3.8) is 0 Å². The van der Waals surface area contributed by atoms with Crippen LogP contribution >= 0.6 is 0 Å². The van der Waals surface area contributed by atoms with E-state index in [1.165, 1.54) is 6.92 Å². The number of amides is 2. The highest BCUT2D eigenvalue weighted by atomic mass is 32.2. The van der Waals surface area contributed by atoms with Gasteiger partial charge in [0.1, 0.15) is 19.3 Å². The van der Waals surface area contributed by atoms with Crippen LogP contribution in [0.3, 0.4) is 0 Å². The molecule has 2 aromatic carbocycles. The lowest BCUT2D eigenvalue weighted by Crippen LogP contribution is -2.45. The summed E-state index contributed by atoms with van der Waals surface area (Å²) >= 11 is 0. The Morgan fingerprint density at radius 3 is 2.39 bits per heavy atom. The van der Waals surface area contributed by atoms with Gasteiger partial charge in [0.15, 0.2) is 11.5 Å². The lowest BCUT2D eigenvalue weighted by Gasteiger charge is -2.29. The van der Waals surface area contributed by atoms with Gasteiger partial charge in [0.25, 0.3) is 5.91 Å². The number of hydrogen-bond acceptors (Lipinski definition) is 6. The number of nitrogens with one attached hydrogen (secondary N) is 1. The highest BCUT2D eigenvalue weighted by Crippen LogP contribution is 2.35. The zero-order valence-electron chi connectivity index (χ0n) is 18.6. The minimum atomic E-state index is -3.82. The molecule has 4 rings (SSSR count). The van der Waals surface area contributed by atoms with Crippen LogP contribution in [0.5, 0.6) is 11.5 Å². The van der Waals surface area contributed by atoms with Crippen LogP contribution in [-0.2, 0) is 14.8 Å². The Hall–Kier alpha value is -3.27. The summed E-state index contributed by atoms with van der Waals surface area (Å²) in [6, 6.07) is 10.4. The van der Waals surface area contributed by atoms with Crippen LogP contribution in [-0.4, -0.2) is 63.7 Å². The first kappa shape index (κ1) is 22.9. The quantitative estimate of drug-likeness (QED) is 0.691. The molecule has 2 aliphatic heterocycles. The average Bonchev–Trinajstić information content (AvgIpc) is 3.33. The third-order valence-electron chi connectivity index (χ3n) is 5.68. The van der Waals surface area contributed by atoms with Crippen molar-refractivity contribution in [1.29, 1.82) is 0 Å². The normalized spacial score (nSPS) is 16.2. The lowest BCUT2D eigenvalue weighted by atomic mass is 10.1. The summed E-state index contributed by atoms with van der Waals surface area (Å²) in [5.41, 5.74) is 1.01. The van der Waals surface area contributed by atoms with Gasteiger partial charge in [-0.25, -0.2) is 8.42 Å². The third kappa shape index (κ3) is 4.90. The van der Waals surface area contributed by atoms with Gasteiger partial charge in [-0.1, -0.05) is 12.1 Å². The van der Waals surface area contributed by atoms with Crippen molar-refractivity contribution in [2.45, 2.75) is 25.8 Å². The highest BCUT2D eigenvalue weighted by molar-refractivity contribution is 7.92. The number of ether oxygens (including phenoxy) is 2. The fourth-order valence-electron chi connectivity index (χ4n) is 4.08. The van der Waals surface area contributed by atoms with E-state index >= 15 is 0 Å². The van der Waals surface area contributed by atoms with Crippen molar-refractivity contribution in [2.24, 2.45) is 0 Å². The summed E-state index contributed by atoms with van der Waals surface area (Å²) in [4.78, 5) is 27.8. The van der Waals surface area contributed by atoms with E-state index in [1.54, 1.807) is 47.4 Å². The van der Waals surface area contributed by atoms with E-state index in [9.17, 15) is 18.0 Å². The van der Waals surface area contributed by atoms with Gasteiger partial charge in [0, 0.05) is 19.2 Å². The van der Waals surface area contributed by atoms with E-state index < -0.39 is 22.0 Å². The molecule has 2 heterocycles. The molecule has 0 unspecified atom stereocenters. The Morgan fingerprint density at radius 2 is 1.70 bits per heavy atom. The van der Waals surface area contributed by atoms with Crippen molar-refractivity contribution >= 4 is 33.2 Å².